The summed E-state index contributed by atoms with van der Waals surface area (Å²) in [5, 5.41) is 6.59. The van der Waals surface area contributed by atoms with Gasteiger partial charge in [-0.2, -0.15) is 18.3 Å². The van der Waals surface area contributed by atoms with Crippen LogP contribution in [-0.2, 0) is 27.7 Å². The molecule has 1 fully saturated rings. The monoisotopic (exact) mass is 507 g/mol. The van der Waals surface area contributed by atoms with Gasteiger partial charge in [0.15, 0.2) is 0 Å². The van der Waals surface area contributed by atoms with Crippen molar-refractivity contribution in [2.24, 2.45) is 0 Å². The molecule has 190 valence electrons. The van der Waals surface area contributed by atoms with Gasteiger partial charge in [0, 0.05) is 35.1 Å². The lowest BCUT2D eigenvalue weighted by Crippen LogP contribution is -2.29. The van der Waals surface area contributed by atoms with Crippen molar-refractivity contribution in [2.75, 3.05) is 11.9 Å². The van der Waals surface area contributed by atoms with Crippen molar-refractivity contribution in [3.63, 3.8) is 0 Å². The zero-order chi connectivity index (χ0) is 26.3. The molecule has 1 heterocycles. The standard InChI is InChI=1S/C25H22F5N3O3/c1-3-33-13-14(12-31-33)21-17(22(34)36-4-2)10-16(11-20(21)27)32-23(35)24(7-8-24)18-6-5-15(9-19(18)26)25(28,29)30/h5-6,9-13H,3-4,7-8H2,1-2H3,(H,32,35). The highest BCUT2D eigenvalue weighted by atomic mass is 19.4. The Morgan fingerprint density at radius 3 is 2.39 bits per heavy atom. The van der Waals surface area contributed by atoms with E-state index < -0.39 is 40.7 Å². The van der Waals surface area contributed by atoms with Crippen molar-refractivity contribution in [3.05, 3.63) is 71.1 Å². The maximum atomic E-state index is 15.3. The summed E-state index contributed by atoms with van der Waals surface area (Å²) in [4.78, 5) is 25.7. The summed E-state index contributed by atoms with van der Waals surface area (Å²) in [5.41, 5.74) is -2.68. The van der Waals surface area contributed by atoms with E-state index >= 15 is 4.39 Å². The fourth-order valence-electron chi connectivity index (χ4n) is 4.08. The number of nitrogens with one attached hydrogen (secondary N) is 1. The Labute approximate surface area is 203 Å². The predicted molar refractivity (Wildman–Crippen MR) is 120 cm³/mol. The van der Waals surface area contributed by atoms with Gasteiger partial charge in [-0.3, -0.25) is 9.48 Å². The van der Waals surface area contributed by atoms with Crippen LogP contribution in [0, 0.1) is 11.6 Å². The van der Waals surface area contributed by atoms with E-state index in [1.807, 2.05) is 6.92 Å². The first kappa shape index (κ1) is 25.3. The van der Waals surface area contributed by atoms with E-state index in [1.165, 1.54) is 12.3 Å². The maximum absolute atomic E-state index is 15.3. The number of aryl methyl sites for hydroxylation is 1. The zero-order valence-corrected chi connectivity index (χ0v) is 19.4. The number of aromatic nitrogens is 2. The lowest BCUT2D eigenvalue weighted by atomic mass is 9.93. The summed E-state index contributed by atoms with van der Waals surface area (Å²) in [6, 6.07) is 4.28. The van der Waals surface area contributed by atoms with Crippen LogP contribution in [-0.4, -0.2) is 28.3 Å². The minimum absolute atomic E-state index is 0.0288. The van der Waals surface area contributed by atoms with Gasteiger partial charge in [-0.25, -0.2) is 13.6 Å². The molecule has 1 N–H and O–H groups in total. The third-order valence-electron chi connectivity index (χ3n) is 6.09. The van der Waals surface area contributed by atoms with Crippen LogP contribution in [0.3, 0.4) is 0 Å². The highest BCUT2D eigenvalue weighted by Gasteiger charge is 2.53. The van der Waals surface area contributed by atoms with Gasteiger partial charge in [-0.15, -0.1) is 0 Å². The molecule has 0 atom stereocenters. The van der Waals surface area contributed by atoms with E-state index in [1.54, 1.807) is 17.8 Å². The topological polar surface area (TPSA) is 73.2 Å². The number of carbonyl (C=O) groups excluding carboxylic acids is 2. The Morgan fingerprint density at radius 1 is 1.11 bits per heavy atom. The highest BCUT2D eigenvalue weighted by Crippen LogP contribution is 2.50. The molecule has 0 saturated heterocycles. The van der Waals surface area contributed by atoms with Gasteiger partial charge < -0.3 is 10.1 Å². The van der Waals surface area contributed by atoms with E-state index in [0.717, 1.165) is 18.2 Å². The molecule has 6 nitrogen and oxygen atoms in total. The number of hydrogen-bond acceptors (Lipinski definition) is 4. The summed E-state index contributed by atoms with van der Waals surface area (Å²) in [5.74, 6) is -3.51. The Bertz CT molecular complexity index is 1330. The summed E-state index contributed by atoms with van der Waals surface area (Å²) < 4.78 is 75.2. The molecule has 4 rings (SSSR count). The molecule has 0 aliphatic heterocycles. The molecule has 0 bridgehead atoms. The summed E-state index contributed by atoms with van der Waals surface area (Å²) in [7, 11) is 0. The quantitative estimate of drug-likeness (QED) is 0.328. The number of rotatable bonds is 7. The van der Waals surface area contributed by atoms with Gasteiger partial charge in [0.25, 0.3) is 0 Å². The molecule has 11 heteroatoms. The Morgan fingerprint density at radius 2 is 1.83 bits per heavy atom. The third-order valence-corrected chi connectivity index (χ3v) is 6.09. The molecule has 0 unspecified atom stereocenters. The number of alkyl halides is 3. The van der Waals surface area contributed by atoms with Crippen molar-refractivity contribution in [1.29, 1.82) is 0 Å². The molecule has 1 aliphatic carbocycles. The van der Waals surface area contributed by atoms with Gasteiger partial charge in [0.05, 0.1) is 29.3 Å². The van der Waals surface area contributed by atoms with Gasteiger partial charge in [0.2, 0.25) is 5.91 Å². The number of esters is 1. The van der Waals surface area contributed by atoms with Crippen molar-refractivity contribution in [3.8, 4) is 11.1 Å². The van der Waals surface area contributed by atoms with E-state index in [2.05, 4.69) is 10.4 Å². The normalized spacial score (nSPS) is 14.4. The molecular formula is C25H22F5N3O3. The van der Waals surface area contributed by atoms with Crippen LogP contribution in [0.15, 0.2) is 42.7 Å². The molecule has 1 amide bonds. The van der Waals surface area contributed by atoms with Crippen molar-refractivity contribution in [1.82, 2.24) is 9.78 Å². The summed E-state index contributed by atoms with van der Waals surface area (Å²) in [6.45, 7) is 3.98. The van der Waals surface area contributed by atoms with Crippen molar-refractivity contribution < 1.29 is 36.3 Å². The van der Waals surface area contributed by atoms with Gasteiger partial charge in [-0.1, -0.05) is 6.07 Å². The highest BCUT2D eigenvalue weighted by molar-refractivity contribution is 6.04. The maximum Gasteiger partial charge on any atom is 0.416 e. The molecule has 0 spiro atoms. The van der Waals surface area contributed by atoms with Crippen molar-refractivity contribution in [2.45, 2.75) is 44.8 Å². The molecule has 1 aromatic heterocycles. The first-order chi connectivity index (χ1) is 17.0. The Hall–Kier alpha value is -3.76. The number of carbonyl (C=O) groups is 2. The fraction of sp³-hybridized carbons (Fsp3) is 0.320. The smallest absolute Gasteiger partial charge is 0.416 e. The number of halogens is 5. The Kier molecular flexibility index (Phi) is 6.59. The third kappa shape index (κ3) is 4.69. The average Bonchev–Trinajstić information content (AvgIpc) is 3.48. The number of ether oxygens (including phenoxy) is 1. The summed E-state index contributed by atoms with van der Waals surface area (Å²) in [6.07, 6.45) is -1.37. The number of nitrogens with zero attached hydrogens (tertiary/aromatic N) is 2. The molecular weight excluding hydrogens is 485 g/mol. The van der Waals surface area contributed by atoms with Gasteiger partial charge in [0.1, 0.15) is 11.6 Å². The number of amides is 1. The van der Waals surface area contributed by atoms with Gasteiger partial charge in [-0.05, 0) is 51.0 Å². The predicted octanol–water partition coefficient (Wildman–Crippen LogP) is 5.71. The largest absolute Gasteiger partial charge is 0.462 e. The van der Waals surface area contributed by atoms with E-state index in [9.17, 15) is 27.2 Å². The first-order valence-electron chi connectivity index (χ1n) is 11.2. The van der Waals surface area contributed by atoms with Crippen LogP contribution in [0.1, 0.15) is 48.2 Å². The van der Waals surface area contributed by atoms with Crippen LogP contribution >= 0.6 is 0 Å². The lowest BCUT2D eigenvalue weighted by Gasteiger charge is -2.19. The number of anilines is 1. The molecule has 36 heavy (non-hydrogen) atoms. The van der Waals surface area contributed by atoms with Crippen LogP contribution < -0.4 is 5.32 Å². The van der Waals surface area contributed by atoms with Crippen LogP contribution in [0.2, 0.25) is 0 Å². The second-order valence-corrected chi connectivity index (χ2v) is 8.41. The van der Waals surface area contributed by atoms with Crippen molar-refractivity contribution >= 4 is 17.6 Å². The number of hydrogen-bond donors (Lipinski definition) is 1. The minimum atomic E-state index is -4.73. The zero-order valence-electron chi connectivity index (χ0n) is 19.4. The average molecular weight is 507 g/mol. The molecule has 3 aromatic rings. The van der Waals surface area contributed by atoms with Crippen LogP contribution in [0.5, 0.6) is 0 Å². The van der Waals surface area contributed by atoms with E-state index in [4.69, 9.17) is 4.74 Å². The second kappa shape index (κ2) is 9.36. The van der Waals surface area contributed by atoms with Crippen LogP contribution in [0.4, 0.5) is 27.6 Å². The van der Waals surface area contributed by atoms with Gasteiger partial charge >= 0.3 is 12.1 Å². The lowest BCUT2D eigenvalue weighted by molar-refractivity contribution is -0.137. The number of benzene rings is 2. The molecule has 1 saturated carbocycles. The first-order valence-corrected chi connectivity index (χ1v) is 11.2. The SMILES string of the molecule is CCOC(=O)c1cc(NC(=O)C2(c3ccc(C(F)(F)F)cc3F)CC2)cc(F)c1-c1cnn(CC)c1. The van der Waals surface area contributed by atoms with E-state index in [0.29, 0.717) is 18.2 Å². The molecule has 2 aromatic carbocycles. The fourth-order valence-corrected chi connectivity index (χ4v) is 4.08. The molecule has 0 radical (unpaired) electrons. The minimum Gasteiger partial charge on any atom is -0.462 e. The Balaban J connectivity index is 1.68. The summed E-state index contributed by atoms with van der Waals surface area (Å²) >= 11 is 0. The second-order valence-electron chi connectivity index (χ2n) is 8.41. The van der Waals surface area contributed by atoms with E-state index in [-0.39, 0.29) is 41.8 Å². The molecule has 1 aliphatic rings. The van der Waals surface area contributed by atoms with Crippen LogP contribution in [0.25, 0.3) is 11.1 Å².